The van der Waals surface area contributed by atoms with E-state index >= 15 is 0 Å². The largest absolute Gasteiger partial charge is 0.311 e. The number of piperazine rings is 1. The Morgan fingerprint density at radius 2 is 1.95 bits per heavy atom. The van der Waals surface area contributed by atoms with Crippen LogP contribution in [0, 0.1) is 5.92 Å². The second kappa shape index (κ2) is 8.19. The molecule has 2 atom stereocenters. The van der Waals surface area contributed by atoms with Crippen molar-refractivity contribution in [3.63, 3.8) is 0 Å². The van der Waals surface area contributed by atoms with Crippen LogP contribution < -0.4 is 5.32 Å². The SMILES string of the molecule is CCCC1CNC(C2CCCCC2)CN1CC=C(C)C. The number of rotatable bonds is 5. The maximum absolute atomic E-state index is 3.88. The topological polar surface area (TPSA) is 15.3 Å². The van der Waals surface area contributed by atoms with Gasteiger partial charge < -0.3 is 5.32 Å². The summed E-state index contributed by atoms with van der Waals surface area (Å²) >= 11 is 0. The van der Waals surface area contributed by atoms with Gasteiger partial charge in [-0.3, -0.25) is 4.90 Å². The van der Waals surface area contributed by atoms with Gasteiger partial charge in [0.05, 0.1) is 0 Å². The molecule has 1 aliphatic heterocycles. The molecule has 0 bridgehead atoms. The molecule has 2 rings (SSSR count). The third kappa shape index (κ3) is 4.60. The van der Waals surface area contributed by atoms with Crippen LogP contribution in [0.2, 0.25) is 0 Å². The van der Waals surface area contributed by atoms with Crippen molar-refractivity contribution in [1.29, 1.82) is 0 Å². The molecule has 2 nitrogen and oxygen atoms in total. The Labute approximate surface area is 126 Å². The molecule has 0 radical (unpaired) electrons. The van der Waals surface area contributed by atoms with Crippen molar-refractivity contribution in [3.8, 4) is 0 Å². The zero-order valence-electron chi connectivity index (χ0n) is 13.8. The van der Waals surface area contributed by atoms with E-state index in [1.165, 1.54) is 63.6 Å². The Morgan fingerprint density at radius 3 is 2.60 bits per heavy atom. The van der Waals surface area contributed by atoms with E-state index in [-0.39, 0.29) is 0 Å². The minimum atomic E-state index is 0.744. The average molecular weight is 278 g/mol. The highest BCUT2D eigenvalue weighted by Gasteiger charge is 2.31. The molecular weight excluding hydrogens is 244 g/mol. The first-order chi connectivity index (χ1) is 9.70. The molecule has 0 aromatic rings. The summed E-state index contributed by atoms with van der Waals surface area (Å²) in [7, 11) is 0. The van der Waals surface area contributed by atoms with Gasteiger partial charge in [-0.05, 0) is 39.0 Å². The lowest BCUT2D eigenvalue weighted by Gasteiger charge is -2.43. The van der Waals surface area contributed by atoms with Crippen LogP contribution in [-0.4, -0.2) is 36.6 Å². The standard InChI is InChI=1S/C18H34N2/c1-4-8-17-13-19-18(16-9-6-5-7-10-16)14-20(17)12-11-15(2)3/h11,16-19H,4-10,12-14H2,1-3H3. The van der Waals surface area contributed by atoms with Gasteiger partial charge in [0.25, 0.3) is 0 Å². The summed E-state index contributed by atoms with van der Waals surface area (Å²) in [4.78, 5) is 2.74. The summed E-state index contributed by atoms with van der Waals surface area (Å²) in [5, 5.41) is 3.88. The van der Waals surface area contributed by atoms with Crippen molar-refractivity contribution in [1.82, 2.24) is 10.2 Å². The Morgan fingerprint density at radius 1 is 1.20 bits per heavy atom. The van der Waals surface area contributed by atoms with Crippen molar-refractivity contribution in [2.45, 2.75) is 77.8 Å². The molecule has 1 aliphatic carbocycles. The summed E-state index contributed by atoms with van der Waals surface area (Å²) in [6, 6.07) is 1.49. The van der Waals surface area contributed by atoms with Crippen molar-refractivity contribution >= 4 is 0 Å². The van der Waals surface area contributed by atoms with Crippen molar-refractivity contribution in [2.24, 2.45) is 5.92 Å². The van der Waals surface area contributed by atoms with Gasteiger partial charge in [0.1, 0.15) is 0 Å². The fourth-order valence-corrected chi connectivity index (χ4v) is 3.88. The first-order valence-electron chi connectivity index (χ1n) is 8.81. The molecule has 116 valence electrons. The van der Waals surface area contributed by atoms with E-state index in [1.54, 1.807) is 0 Å². The van der Waals surface area contributed by atoms with E-state index in [0.717, 1.165) is 24.5 Å². The van der Waals surface area contributed by atoms with Gasteiger partial charge in [-0.15, -0.1) is 0 Å². The number of allylic oxidation sites excluding steroid dienone is 1. The highest BCUT2D eigenvalue weighted by atomic mass is 15.2. The molecule has 2 fully saturated rings. The van der Waals surface area contributed by atoms with Gasteiger partial charge in [-0.1, -0.05) is 44.3 Å². The predicted octanol–water partition coefficient (Wildman–Crippen LogP) is 3.98. The fraction of sp³-hybridized carbons (Fsp3) is 0.889. The quantitative estimate of drug-likeness (QED) is 0.765. The molecule has 0 aromatic carbocycles. The van der Waals surface area contributed by atoms with E-state index in [9.17, 15) is 0 Å². The molecule has 1 N–H and O–H groups in total. The number of nitrogens with one attached hydrogen (secondary N) is 1. The second-order valence-electron chi connectivity index (χ2n) is 7.09. The van der Waals surface area contributed by atoms with E-state index in [4.69, 9.17) is 0 Å². The maximum atomic E-state index is 3.88. The van der Waals surface area contributed by atoms with Crippen LogP contribution in [0.3, 0.4) is 0 Å². The number of hydrogen-bond acceptors (Lipinski definition) is 2. The van der Waals surface area contributed by atoms with Gasteiger partial charge >= 0.3 is 0 Å². The monoisotopic (exact) mass is 278 g/mol. The Hall–Kier alpha value is -0.340. The molecule has 1 saturated carbocycles. The molecule has 2 aliphatic rings. The van der Waals surface area contributed by atoms with Gasteiger partial charge in [0.15, 0.2) is 0 Å². The van der Waals surface area contributed by atoms with Crippen molar-refractivity contribution in [2.75, 3.05) is 19.6 Å². The lowest BCUT2D eigenvalue weighted by molar-refractivity contribution is 0.101. The zero-order chi connectivity index (χ0) is 14.4. The van der Waals surface area contributed by atoms with Crippen LogP contribution >= 0.6 is 0 Å². The minimum Gasteiger partial charge on any atom is -0.311 e. The molecule has 0 spiro atoms. The van der Waals surface area contributed by atoms with Crippen LogP contribution in [0.15, 0.2) is 11.6 Å². The predicted molar refractivity (Wildman–Crippen MR) is 88.1 cm³/mol. The Balaban J connectivity index is 1.93. The van der Waals surface area contributed by atoms with Crippen LogP contribution in [0.5, 0.6) is 0 Å². The molecule has 0 aromatic heterocycles. The van der Waals surface area contributed by atoms with Crippen LogP contribution in [-0.2, 0) is 0 Å². The third-order valence-electron chi connectivity index (χ3n) is 5.14. The normalized spacial score (nSPS) is 29.4. The smallest absolute Gasteiger partial charge is 0.0224 e. The van der Waals surface area contributed by atoms with Gasteiger partial charge in [-0.2, -0.15) is 0 Å². The lowest BCUT2D eigenvalue weighted by atomic mass is 9.82. The minimum absolute atomic E-state index is 0.744. The molecule has 20 heavy (non-hydrogen) atoms. The van der Waals surface area contributed by atoms with Crippen molar-refractivity contribution in [3.05, 3.63) is 11.6 Å². The van der Waals surface area contributed by atoms with E-state index in [2.05, 4.69) is 37.1 Å². The lowest BCUT2D eigenvalue weighted by Crippen LogP contribution is -2.58. The molecule has 2 heteroatoms. The second-order valence-corrected chi connectivity index (χ2v) is 7.09. The zero-order valence-corrected chi connectivity index (χ0v) is 13.8. The summed E-state index contributed by atoms with van der Waals surface area (Å²) in [5.41, 5.74) is 1.45. The van der Waals surface area contributed by atoms with E-state index in [1.807, 2.05) is 0 Å². The maximum Gasteiger partial charge on any atom is 0.0224 e. The average Bonchev–Trinajstić information content (AvgIpc) is 2.47. The molecular formula is C18H34N2. The molecule has 1 heterocycles. The van der Waals surface area contributed by atoms with E-state index in [0.29, 0.717) is 0 Å². The Kier molecular flexibility index (Phi) is 6.57. The summed E-state index contributed by atoms with van der Waals surface area (Å²) in [5.74, 6) is 0.931. The summed E-state index contributed by atoms with van der Waals surface area (Å²) in [6.07, 6.45) is 12.3. The number of nitrogens with zero attached hydrogens (tertiary/aromatic N) is 1. The first kappa shape index (κ1) is 16.0. The Bertz CT molecular complexity index is 301. The van der Waals surface area contributed by atoms with Crippen molar-refractivity contribution < 1.29 is 0 Å². The fourth-order valence-electron chi connectivity index (χ4n) is 3.88. The summed E-state index contributed by atoms with van der Waals surface area (Å²) < 4.78 is 0. The highest BCUT2D eigenvalue weighted by molar-refractivity contribution is 4.98. The third-order valence-corrected chi connectivity index (χ3v) is 5.14. The first-order valence-corrected chi connectivity index (χ1v) is 8.81. The van der Waals surface area contributed by atoms with E-state index < -0.39 is 0 Å². The molecule has 2 unspecified atom stereocenters. The van der Waals surface area contributed by atoms with Gasteiger partial charge in [0.2, 0.25) is 0 Å². The van der Waals surface area contributed by atoms with Gasteiger partial charge in [-0.25, -0.2) is 0 Å². The molecule has 1 saturated heterocycles. The highest BCUT2D eigenvalue weighted by Crippen LogP contribution is 2.28. The van der Waals surface area contributed by atoms with Crippen LogP contribution in [0.4, 0.5) is 0 Å². The van der Waals surface area contributed by atoms with Crippen LogP contribution in [0.25, 0.3) is 0 Å². The molecule has 0 amide bonds. The van der Waals surface area contributed by atoms with Crippen LogP contribution in [0.1, 0.15) is 65.7 Å². The summed E-state index contributed by atoms with van der Waals surface area (Å²) in [6.45, 7) is 10.4. The number of hydrogen-bond donors (Lipinski definition) is 1. The van der Waals surface area contributed by atoms with Gasteiger partial charge in [0, 0.05) is 31.7 Å².